The molecule has 4 heteroatoms. The first-order valence-electron chi connectivity index (χ1n) is 6.68. The SMILES string of the molecule is Cc1ccc(C(=O)N(C)CCC(C)O)c(C#CCN)c1. The van der Waals surface area contributed by atoms with E-state index in [0.717, 1.165) is 5.56 Å². The Morgan fingerprint density at radius 1 is 1.50 bits per heavy atom. The standard InChI is InChI=1S/C16H22N2O2/c1-12-6-7-15(14(11-12)5-4-9-17)16(20)18(3)10-8-13(2)19/h6-7,11,13,19H,8-10,17H2,1-3H3. The molecule has 0 heterocycles. The van der Waals surface area contributed by atoms with Crippen LogP contribution in [0, 0.1) is 18.8 Å². The summed E-state index contributed by atoms with van der Waals surface area (Å²) in [5.41, 5.74) is 7.71. The van der Waals surface area contributed by atoms with Crippen LogP contribution in [0.3, 0.4) is 0 Å². The molecule has 0 aliphatic heterocycles. The fourth-order valence-electron chi connectivity index (χ4n) is 1.78. The zero-order valence-electron chi connectivity index (χ0n) is 12.3. The molecule has 0 fully saturated rings. The van der Waals surface area contributed by atoms with Gasteiger partial charge in [-0.15, -0.1) is 0 Å². The van der Waals surface area contributed by atoms with Crippen molar-refractivity contribution < 1.29 is 9.90 Å². The number of hydrogen-bond donors (Lipinski definition) is 2. The van der Waals surface area contributed by atoms with E-state index in [1.807, 2.05) is 19.1 Å². The molecule has 4 nitrogen and oxygen atoms in total. The Morgan fingerprint density at radius 2 is 2.20 bits per heavy atom. The third-order valence-corrected chi connectivity index (χ3v) is 2.96. The number of amides is 1. The monoisotopic (exact) mass is 274 g/mol. The number of aliphatic hydroxyl groups excluding tert-OH is 1. The van der Waals surface area contributed by atoms with Gasteiger partial charge in [-0.3, -0.25) is 4.79 Å². The minimum atomic E-state index is -0.417. The smallest absolute Gasteiger partial charge is 0.254 e. The van der Waals surface area contributed by atoms with E-state index in [-0.39, 0.29) is 12.5 Å². The second-order valence-electron chi connectivity index (χ2n) is 4.92. The molecule has 1 unspecified atom stereocenters. The van der Waals surface area contributed by atoms with Gasteiger partial charge < -0.3 is 15.7 Å². The number of hydrogen-bond acceptors (Lipinski definition) is 3. The number of rotatable bonds is 4. The lowest BCUT2D eigenvalue weighted by atomic mass is 10.0. The highest BCUT2D eigenvalue weighted by atomic mass is 16.3. The van der Waals surface area contributed by atoms with Gasteiger partial charge in [0.05, 0.1) is 18.2 Å². The molecule has 0 aliphatic rings. The van der Waals surface area contributed by atoms with Crippen molar-refractivity contribution in [2.24, 2.45) is 5.73 Å². The number of aryl methyl sites for hydroxylation is 1. The van der Waals surface area contributed by atoms with Crippen molar-refractivity contribution in [2.75, 3.05) is 20.1 Å². The van der Waals surface area contributed by atoms with Crippen molar-refractivity contribution >= 4 is 5.91 Å². The minimum Gasteiger partial charge on any atom is -0.393 e. The van der Waals surface area contributed by atoms with Crippen molar-refractivity contribution in [3.8, 4) is 11.8 Å². The van der Waals surface area contributed by atoms with E-state index in [0.29, 0.717) is 24.1 Å². The van der Waals surface area contributed by atoms with Gasteiger partial charge in [-0.25, -0.2) is 0 Å². The van der Waals surface area contributed by atoms with E-state index < -0.39 is 6.10 Å². The van der Waals surface area contributed by atoms with E-state index in [2.05, 4.69) is 11.8 Å². The van der Waals surface area contributed by atoms with Crippen LogP contribution in [-0.2, 0) is 0 Å². The zero-order valence-corrected chi connectivity index (χ0v) is 12.3. The summed E-state index contributed by atoms with van der Waals surface area (Å²) in [6, 6.07) is 5.57. The number of carbonyl (C=O) groups is 1. The largest absolute Gasteiger partial charge is 0.393 e. The summed E-state index contributed by atoms with van der Waals surface area (Å²) in [7, 11) is 1.73. The van der Waals surface area contributed by atoms with Gasteiger partial charge in [-0.1, -0.05) is 17.9 Å². The molecule has 3 N–H and O–H groups in total. The average Bonchev–Trinajstić information content (AvgIpc) is 2.41. The number of benzene rings is 1. The van der Waals surface area contributed by atoms with Gasteiger partial charge in [0.15, 0.2) is 0 Å². The van der Waals surface area contributed by atoms with Crippen LogP contribution >= 0.6 is 0 Å². The van der Waals surface area contributed by atoms with Gasteiger partial charge in [0.2, 0.25) is 0 Å². The van der Waals surface area contributed by atoms with Gasteiger partial charge >= 0.3 is 0 Å². The molecular formula is C16H22N2O2. The number of aliphatic hydroxyl groups is 1. The predicted molar refractivity (Wildman–Crippen MR) is 80.4 cm³/mol. The molecule has 1 amide bonds. The first-order valence-corrected chi connectivity index (χ1v) is 6.68. The van der Waals surface area contributed by atoms with E-state index in [1.54, 1.807) is 24.9 Å². The Kier molecular flexibility index (Phi) is 6.23. The van der Waals surface area contributed by atoms with Crippen LogP contribution in [0.4, 0.5) is 0 Å². The first kappa shape index (κ1) is 16.2. The fraction of sp³-hybridized carbons (Fsp3) is 0.438. The lowest BCUT2D eigenvalue weighted by molar-refractivity contribution is 0.0768. The quantitative estimate of drug-likeness (QED) is 0.809. The minimum absolute atomic E-state index is 0.0908. The van der Waals surface area contributed by atoms with Gasteiger partial charge in [0.25, 0.3) is 5.91 Å². The summed E-state index contributed by atoms with van der Waals surface area (Å²) >= 11 is 0. The van der Waals surface area contributed by atoms with Crippen LogP contribution in [0.15, 0.2) is 18.2 Å². The van der Waals surface area contributed by atoms with E-state index >= 15 is 0 Å². The molecule has 1 aromatic rings. The van der Waals surface area contributed by atoms with Crippen molar-refractivity contribution in [3.63, 3.8) is 0 Å². The van der Waals surface area contributed by atoms with Gasteiger partial charge in [0.1, 0.15) is 0 Å². The third-order valence-electron chi connectivity index (χ3n) is 2.96. The molecule has 0 radical (unpaired) electrons. The lowest BCUT2D eigenvalue weighted by Crippen LogP contribution is -2.30. The highest BCUT2D eigenvalue weighted by molar-refractivity contribution is 5.96. The first-order chi connectivity index (χ1) is 9.45. The summed E-state index contributed by atoms with van der Waals surface area (Å²) < 4.78 is 0. The van der Waals surface area contributed by atoms with Crippen LogP contribution < -0.4 is 5.73 Å². The van der Waals surface area contributed by atoms with Crippen molar-refractivity contribution in [3.05, 3.63) is 34.9 Å². The molecule has 1 atom stereocenters. The van der Waals surface area contributed by atoms with Crippen molar-refractivity contribution in [1.29, 1.82) is 0 Å². The second-order valence-corrected chi connectivity index (χ2v) is 4.92. The zero-order chi connectivity index (χ0) is 15.1. The average molecular weight is 274 g/mol. The molecule has 1 aromatic carbocycles. The number of nitrogens with zero attached hydrogens (tertiary/aromatic N) is 1. The molecule has 0 aromatic heterocycles. The van der Waals surface area contributed by atoms with Gasteiger partial charge in [-0.2, -0.15) is 0 Å². The van der Waals surface area contributed by atoms with Crippen LogP contribution in [-0.4, -0.2) is 42.2 Å². The summed E-state index contributed by atoms with van der Waals surface area (Å²) in [4.78, 5) is 14.0. The normalized spacial score (nSPS) is 11.4. The Bertz CT molecular complexity index is 527. The Morgan fingerprint density at radius 3 is 2.80 bits per heavy atom. The molecule has 0 spiro atoms. The molecule has 0 aliphatic carbocycles. The summed E-state index contributed by atoms with van der Waals surface area (Å²) in [6.07, 6.45) is 0.137. The van der Waals surface area contributed by atoms with Crippen LogP contribution in [0.5, 0.6) is 0 Å². The topological polar surface area (TPSA) is 66.6 Å². The molecular weight excluding hydrogens is 252 g/mol. The number of nitrogens with two attached hydrogens (primary N) is 1. The van der Waals surface area contributed by atoms with E-state index in [1.165, 1.54) is 0 Å². The molecule has 0 saturated heterocycles. The Hall–Kier alpha value is -1.83. The lowest BCUT2D eigenvalue weighted by Gasteiger charge is -2.19. The highest BCUT2D eigenvalue weighted by Gasteiger charge is 2.15. The molecule has 1 rings (SSSR count). The Labute approximate surface area is 120 Å². The molecule has 108 valence electrons. The van der Waals surface area contributed by atoms with E-state index in [9.17, 15) is 9.90 Å². The summed E-state index contributed by atoms with van der Waals surface area (Å²) in [6.45, 7) is 4.44. The van der Waals surface area contributed by atoms with Crippen LogP contribution in [0.25, 0.3) is 0 Å². The summed E-state index contributed by atoms with van der Waals surface area (Å²) in [5.74, 6) is 5.63. The molecule has 20 heavy (non-hydrogen) atoms. The maximum Gasteiger partial charge on any atom is 0.254 e. The van der Waals surface area contributed by atoms with Gasteiger partial charge in [0, 0.05) is 19.2 Å². The maximum atomic E-state index is 12.4. The predicted octanol–water partition coefficient (Wildman–Crippen LogP) is 1.15. The summed E-state index contributed by atoms with van der Waals surface area (Å²) in [5, 5.41) is 9.29. The van der Waals surface area contributed by atoms with Crippen molar-refractivity contribution in [1.82, 2.24) is 4.90 Å². The molecule has 0 saturated carbocycles. The van der Waals surface area contributed by atoms with Crippen molar-refractivity contribution in [2.45, 2.75) is 26.4 Å². The van der Waals surface area contributed by atoms with E-state index in [4.69, 9.17) is 5.73 Å². The van der Waals surface area contributed by atoms with Crippen LogP contribution in [0.2, 0.25) is 0 Å². The second kappa shape index (κ2) is 7.68. The fourth-order valence-corrected chi connectivity index (χ4v) is 1.78. The Balaban J connectivity index is 2.97. The van der Waals surface area contributed by atoms with Gasteiger partial charge in [-0.05, 0) is 38.0 Å². The maximum absolute atomic E-state index is 12.4. The number of carbonyl (C=O) groups excluding carboxylic acids is 1. The third kappa shape index (κ3) is 4.69. The highest BCUT2D eigenvalue weighted by Crippen LogP contribution is 2.13. The molecule has 0 bridgehead atoms. The van der Waals surface area contributed by atoms with Crippen LogP contribution in [0.1, 0.15) is 34.8 Å².